The first-order chi connectivity index (χ1) is 10.6. The van der Waals surface area contributed by atoms with Crippen molar-refractivity contribution in [3.05, 3.63) is 42.5 Å². The van der Waals surface area contributed by atoms with Gasteiger partial charge >= 0.3 is 5.97 Å². The van der Waals surface area contributed by atoms with Crippen molar-refractivity contribution in [1.29, 1.82) is 0 Å². The number of aliphatic hydroxyl groups is 1. The molecule has 0 aliphatic heterocycles. The zero-order chi connectivity index (χ0) is 15.9. The Morgan fingerprint density at radius 2 is 1.82 bits per heavy atom. The summed E-state index contributed by atoms with van der Waals surface area (Å²) in [6.45, 7) is -0.0623. The topological polar surface area (TPSA) is 98.7 Å². The van der Waals surface area contributed by atoms with E-state index in [0.29, 0.717) is 5.69 Å². The van der Waals surface area contributed by atoms with Gasteiger partial charge in [-0.2, -0.15) is 0 Å². The van der Waals surface area contributed by atoms with E-state index in [4.69, 9.17) is 10.2 Å². The van der Waals surface area contributed by atoms with E-state index < -0.39 is 17.9 Å². The molecule has 1 atom stereocenters. The quantitative estimate of drug-likeness (QED) is 0.616. The van der Waals surface area contributed by atoms with Crippen LogP contribution in [0.4, 0.5) is 5.69 Å². The standard InChI is InChI=1S/C16H18N2O4/c19-9-8-17-14(16(21)22)10-15(20)18-13-7-3-5-11-4-1-2-6-12(11)13/h1-7,14,17,19H,8-10H2,(H,18,20)(H,21,22). The molecule has 0 fully saturated rings. The third-order valence-corrected chi connectivity index (χ3v) is 3.25. The molecule has 0 radical (unpaired) electrons. The average molecular weight is 302 g/mol. The summed E-state index contributed by atoms with van der Waals surface area (Å²) >= 11 is 0. The molecule has 2 aromatic carbocycles. The number of aliphatic hydroxyl groups excluding tert-OH is 1. The molecule has 0 bridgehead atoms. The van der Waals surface area contributed by atoms with Crippen LogP contribution >= 0.6 is 0 Å². The van der Waals surface area contributed by atoms with Crippen molar-refractivity contribution < 1.29 is 19.8 Å². The number of fused-ring (bicyclic) bond motifs is 1. The van der Waals surface area contributed by atoms with E-state index >= 15 is 0 Å². The lowest BCUT2D eigenvalue weighted by molar-refractivity contribution is -0.141. The smallest absolute Gasteiger partial charge is 0.321 e. The summed E-state index contributed by atoms with van der Waals surface area (Å²) in [4.78, 5) is 23.1. The van der Waals surface area contributed by atoms with Crippen LogP contribution in [0.3, 0.4) is 0 Å². The van der Waals surface area contributed by atoms with Gasteiger partial charge in [0.05, 0.1) is 13.0 Å². The van der Waals surface area contributed by atoms with Crippen LogP contribution in [0.1, 0.15) is 6.42 Å². The van der Waals surface area contributed by atoms with Gasteiger partial charge in [0.25, 0.3) is 0 Å². The highest BCUT2D eigenvalue weighted by atomic mass is 16.4. The van der Waals surface area contributed by atoms with Gasteiger partial charge in [-0.15, -0.1) is 0 Å². The summed E-state index contributed by atoms with van der Waals surface area (Å²) < 4.78 is 0. The molecule has 1 amide bonds. The Morgan fingerprint density at radius 1 is 1.09 bits per heavy atom. The molecule has 0 aliphatic rings. The zero-order valence-electron chi connectivity index (χ0n) is 12.0. The monoisotopic (exact) mass is 302 g/mol. The summed E-state index contributed by atoms with van der Waals surface area (Å²) in [5.41, 5.74) is 0.648. The van der Waals surface area contributed by atoms with Crippen molar-refractivity contribution in [3.63, 3.8) is 0 Å². The Kier molecular flexibility index (Phi) is 5.46. The van der Waals surface area contributed by atoms with Crippen LogP contribution < -0.4 is 10.6 Å². The molecule has 4 N–H and O–H groups in total. The van der Waals surface area contributed by atoms with Gasteiger partial charge in [0, 0.05) is 17.6 Å². The van der Waals surface area contributed by atoms with Gasteiger partial charge in [-0.05, 0) is 11.5 Å². The van der Waals surface area contributed by atoms with Gasteiger partial charge in [0.15, 0.2) is 0 Å². The van der Waals surface area contributed by atoms with Gasteiger partial charge in [-0.1, -0.05) is 36.4 Å². The fourth-order valence-electron chi connectivity index (χ4n) is 2.21. The van der Waals surface area contributed by atoms with Gasteiger partial charge in [0.2, 0.25) is 5.91 Å². The Hall–Kier alpha value is -2.44. The normalized spacial score (nSPS) is 12.0. The van der Waals surface area contributed by atoms with Crippen molar-refractivity contribution >= 4 is 28.3 Å². The van der Waals surface area contributed by atoms with Crippen LogP contribution in [0, 0.1) is 0 Å². The lowest BCUT2D eigenvalue weighted by atomic mass is 10.1. The van der Waals surface area contributed by atoms with Crippen LogP contribution in [0.25, 0.3) is 10.8 Å². The molecule has 0 saturated heterocycles. The molecular formula is C16H18N2O4. The minimum Gasteiger partial charge on any atom is -0.480 e. The number of hydrogen-bond donors (Lipinski definition) is 4. The summed E-state index contributed by atoms with van der Waals surface area (Å²) in [5, 5.41) is 25.0. The van der Waals surface area contributed by atoms with Crippen molar-refractivity contribution in [2.45, 2.75) is 12.5 Å². The van der Waals surface area contributed by atoms with Crippen molar-refractivity contribution in [3.8, 4) is 0 Å². The van der Waals surface area contributed by atoms with E-state index in [1.165, 1.54) is 0 Å². The van der Waals surface area contributed by atoms with Gasteiger partial charge in [0.1, 0.15) is 6.04 Å². The van der Waals surface area contributed by atoms with E-state index in [1.54, 1.807) is 6.07 Å². The Balaban J connectivity index is 2.08. The summed E-state index contributed by atoms with van der Waals surface area (Å²) in [7, 11) is 0. The second-order valence-electron chi connectivity index (χ2n) is 4.85. The van der Waals surface area contributed by atoms with Gasteiger partial charge in [-0.3, -0.25) is 9.59 Å². The summed E-state index contributed by atoms with van der Waals surface area (Å²) in [5.74, 6) is -1.52. The maximum atomic E-state index is 12.1. The molecule has 116 valence electrons. The largest absolute Gasteiger partial charge is 0.480 e. The predicted octanol–water partition coefficient (Wildman–Crippen LogP) is 1.20. The fraction of sp³-hybridized carbons (Fsp3) is 0.250. The Bertz CT molecular complexity index is 667. The zero-order valence-corrected chi connectivity index (χ0v) is 12.0. The minimum atomic E-state index is -1.12. The second-order valence-corrected chi connectivity index (χ2v) is 4.85. The number of benzene rings is 2. The highest BCUT2D eigenvalue weighted by Gasteiger charge is 2.20. The molecule has 22 heavy (non-hydrogen) atoms. The van der Waals surface area contributed by atoms with Crippen LogP contribution in [0.15, 0.2) is 42.5 Å². The third-order valence-electron chi connectivity index (χ3n) is 3.25. The molecule has 0 spiro atoms. The molecular weight excluding hydrogens is 284 g/mol. The molecule has 0 saturated carbocycles. The minimum absolute atomic E-state index is 0.124. The number of anilines is 1. The predicted molar refractivity (Wildman–Crippen MR) is 83.7 cm³/mol. The number of carboxylic acid groups (broad SMARTS) is 1. The Morgan fingerprint density at radius 3 is 2.55 bits per heavy atom. The molecule has 0 heterocycles. The lowest BCUT2D eigenvalue weighted by Crippen LogP contribution is -2.41. The number of rotatable bonds is 7. The van der Waals surface area contributed by atoms with Crippen molar-refractivity contribution in [1.82, 2.24) is 5.32 Å². The SMILES string of the molecule is O=C(CC(NCCO)C(=O)O)Nc1cccc2ccccc12. The molecule has 2 aromatic rings. The van der Waals surface area contributed by atoms with E-state index in [-0.39, 0.29) is 19.6 Å². The van der Waals surface area contributed by atoms with E-state index in [1.807, 2.05) is 36.4 Å². The first-order valence-corrected chi connectivity index (χ1v) is 6.96. The Labute approximate surface area is 127 Å². The van der Waals surface area contributed by atoms with Crippen LogP contribution in [-0.2, 0) is 9.59 Å². The van der Waals surface area contributed by atoms with Crippen LogP contribution in [0.5, 0.6) is 0 Å². The lowest BCUT2D eigenvalue weighted by Gasteiger charge is -2.14. The molecule has 2 rings (SSSR count). The number of hydrogen-bond acceptors (Lipinski definition) is 4. The number of carbonyl (C=O) groups is 2. The average Bonchev–Trinajstić information content (AvgIpc) is 2.51. The van der Waals surface area contributed by atoms with Gasteiger partial charge < -0.3 is 20.8 Å². The van der Waals surface area contributed by atoms with Crippen LogP contribution in [-0.4, -0.2) is 41.3 Å². The fourth-order valence-corrected chi connectivity index (χ4v) is 2.21. The van der Waals surface area contributed by atoms with Gasteiger partial charge in [-0.25, -0.2) is 0 Å². The van der Waals surface area contributed by atoms with Crippen molar-refractivity contribution in [2.75, 3.05) is 18.5 Å². The maximum Gasteiger partial charge on any atom is 0.321 e. The van der Waals surface area contributed by atoms with E-state index in [9.17, 15) is 9.59 Å². The first kappa shape index (κ1) is 15.9. The number of carboxylic acids is 1. The van der Waals surface area contributed by atoms with E-state index in [0.717, 1.165) is 10.8 Å². The molecule has 1 unspecified atom stereocenters. The highest BCUT2D eigenvalue weighted by Crippen LogP contribution is 2.23. The number of nitrogens with one attached hydrogen (secondary N) is 2. The molecule has 0 aromatic heterocycles. The summed E-state index contributed by atoms with van der Waals surface area (Å²) in [6, 6.07) is 12.1. The van der Waals surface area contributed by atoms with E-state index in [2.05, 4.69) is 10.6 Å². The summed E-state index contributed by atoms with van der Waals surface area (Å²) in [6.07, 6.45) is -0.210. The van der Waals surface area contributed by atoms with Crippen molar-refractivity contribution in [2.24, 2.45) is 0 Å². The van der Waals surface area contributed by atoms with Crippen LogP contribution in [0.2, 0.25) is 0 Å². The number of carbonyl (C=O) groups excluding carboxylic acids is 1. The molecule has 0 aliphatic carbocycles. The number of amides is 1. The third kappa shape index (κ3) is 4.03. The first-order valence-electron chi connectivity index (χ1n) is 6.96. The second kappa shape index (κ2) is 7.53. The molecule has 6 heteroatoms. The molecule has 6 nitrogen and oxygen atoms in total. The maximum absolute atomic E-state index is 12.1. The highest BCUT2D eigenvalue weighted by molar-refractivity contribution is 6.03. The number of aliphatic carboxylic acids is 1.